The zero-order valence-corrected chi connectivity index (χ0v) is 27.4. The molecule has 0 aliphatic carbocycles. The minimum absolute atomic E-state index is 0.0253. The maximum Gasteiger partial charge on any atom is 0.322 e. The molecule has 0 amide bonds. The third-order valence-corrected chi connectivity index (χ3v) is 8.45. The normalized spacial score (nSPS) is 11.4. The van der Waals surface area contributed by atoms with Gasteiger partial charge in [-0.1, -0.05) is 63.7 Å². The van der Waals surface area contributed by atoms with Gasteiger partial charge in [-0.25, -0.2) is 10.2 Å². The van der Waals surface area contributed by atoms with Crippen LogP contribution in [0.1, 0.15) is 37.7 Å². The van der Waals surface area contributed by atoms with Crippen molar-refractivity contribution >= 4 is 75.9 Å². The number of ketones is 2. The molecule has 5 aromatic rings. The molecule has 0 radical (unpaired) electrons. The highest BCUT2D eigenvalue weighted by Gasteiger charge is 2.31. The number of carbonyl (C=O) groups excluding carboxylic acids is 3. The second-order valence-electron chi connectivity index (χ2n) is 10.0. The number of hydrogen-bond acceptors (Lipinski definition) is 11. The lowest BCUT2D eigenvalue weighted by atomic mass is 10.0. The van der Waals surface area contributed by atoms with E-state index in [9.17, 15) is 29.4 Å². The number of nitrogens with zero attached hydrogens (tertiary/aromatic N) is 5. The van der Waals surface area contributed by atoms with E-state index in [1.807, 2.05) is 0 Å². The molecule has 3 aromatic heterocycles. The Morgan fingerprint density at radius 3 is 2.35 bits per heavy atom. The zero-order valence-electron chi connectivity index (χ0n) is 24.4. The smallest absolute Gasteiger partial charge is 0.322 e. The van der Waals surface area contributed by atoms with E-state index in [1.165, 1.54) is 47.3 Å². The molecule has 0 unspecified atom stereocenters. The molecule has 19 heteroatoms. The summed E-state index contributed by atoms with van der Waals surface area (Å²) in [4.78, 5) is 52.0. The number of hydrogen-bond donors (Lipinski definition) is 6. The van der Waals surface area contributed by atoms with Crippen LogP contribution >= 0.6 is 46.4 Å². The Morgan fingerprint density at radius 2 is 1.69 bits per heavy atom. The molecule has 0 fully saturated rings. The highest BCUT2D eigenvalue weighted by molar-refractivity contribution is 6.45. The van der Waals surface area contributed by atoms with Gasteiger partial charge in [0.25, 0.3) is 0 Å². The van der Waals surface area contributed by atoms with Gasteiger partial charge in [0.15, 0.2) is 0 Å². The summed E-state index contributed by atoms with van der Waals surface area (Å²) in [5.41, 5.74) is 7.10. The lowest BCUT2D eigenvalue weighted by Gasteiger charge is -2.13. The van der Waals surface area contributed by atoms with Gasteiger partial charge >= 0.3 is 5.97 Å². The van der Waals surface area contributed by atoms with E-state index in [0.717, 1.165) is 16.8 Å². The third kappa shape index (κ3) is 6.91. The number of rotatable bonds is 13. The summed E-state index contributed by atoms with van der Waals surface area (Å²) >= 11 is 25.7. The van der Waals surface area contributed by atoms with Crippen LogP contribution in [0.3, 0.4) is 0 Å². The largest absolute Gasteiger partial charge is 0.507 e. The van der Waals surface area contributed by atoms with E-state index < -0.39 is 35.6 Å². The average Bonchev–Trinajstić information content (AvgIpc) is 3.74. The van der Waals surface area contributed by atoms with Crippen molar-refractivity contribution in [3.63, 3.8) is 0 Å². The minimum Gasteiger partial charge on any atom is -0.507 e. The fraction of sp³-hybridized carbons (Fsp3) is 0.0667. The number of nitrogens with one attached hydrogen (secondary N) is 3. The van der Waals surface area contributed by atoms with Crippen LogP contribution in [0.2, 0.25) is 20.4 Å². The minimum atomic E-state index is -1.15. The van der Waals surface area contributed by atoms with Crippen molar-refractivity contribution in [1.29, 1.82) is 5.53 Å². The van der Waals surface area contributed by atoms with Gasteiger partial charge in [0, 0.05) is 17.3 Å². The second kappa shape index (κ2) is 14.3. The predicted octanol–water partition coefficient (Wildman–Crippen LogP) is 5.75. The number of carboxylic acid groups (broad SMARTS) is 1. The maximum atomic E-state index is 13.9. The number of aromatic amines is 1. The first-order valence-electron chi connectivity index (χ1n) is 13.6. The highest BCUT2D eigenvalue weighted by Crippen LogP contribution is 2.41. The summed E-state index contributed by atoms with van der Waals surface area (Å²) in [7, 11) is 0. The molecule has 5 rings (SSSR count). The van der Waals surface area contributed by atoms with Gasteiger partial charge < -0.3 is 30.4 Å². The number of phenolic OH excluding ortho intramolecular Hbond substituents is 2. The summed E-state index contributed by atoms with van der Waals surface area (Å²) in [6.45, 7) is -0.475. The predicted molar refractivity (Wildman–Crippen MR) is 177 cm³/mol. The SMILES string of the molecule is N=N/C(=C\NCC(=O)O)c1ccc(C(=O)c2cc(Cl)c(Cl)n2-c2c(C(=O)c3ccc(-c4cn(CC=O)nn4)cc3O)[nH]c(Cl)c2Cl)c(O)c1. The summed E-state index contributed by atoms with van der Waals surface area (Å²) in [6, 6.07) is 9.00. The van der Waals surface area contributed by atoms with Crippen LogP contribution in [-0.4, -0.2) is 70.2 Å². The molecule has 250 valence electrons. The van der Waals surface area contributed by atoms with Gasteiger partial charge in [0.05, 0.1) is 40.3 Å². The standard InChI is InChI=1S/C30H20Cl4N8O7/c31-17-9-20(27(48)15-3-1-13(7-21(15)44)18(38-35)10-36-11-23(46)47)42(30(17)34)26-24(32)29(33)37-25(26)28(49)16-4-2-14(8-22(16)45)19-12-41(5-6-43)40-39-19/h1-4,6-10,12,35-37,44-45H,5,11H2,(H,46,47)/b18-10-,38-35?. The summed E-state index contributed by atoms with van der Waals surface area (Å²) in [6.07, 6.45) is 3.28. The molecule has 0 aliphatic rings. The monoisotopic (exact) mass is 744 g/mol. The van der Waals surface area contributed by atoms with Crippen LogP contribution in [0.15, 0.2) is 60.0 Å². The topological polar surface area (TPSA) is 229 Å². The maximum absolute atomic E-state index is 13.9. The molecule has 0 aliphatic heterocycles. The lowest BCUT2D eigenvalue weighted by Crippen LogP contribution is -2.17. The Morgan fingerprint density at radius 1 is 1.00 bits per heavy atom. The quantitative estimate of drug-likeness (QED) is 0.0485. The number of carboxylic acids is 1. The van der Waals surface area contributed by atoms with Crippen LogP contribution in [0.5, 0.6) is 11.5 Å². The molecule has 0 saturated heterocycles. The number of aromatic hydroxyl groups is 2. The van der Waals surface area contributed by atoms with E-state index in [0.29, 0.717) is 17.5 Å². The number of H-pyrrole nitrogens is 1. The Balaban J connectivity index is 1.54. The fourth-order valence-electron chi connectivity index (χ4n) is 4.70. The van der Waals surface area contributed by atoms with Crippen molar-refractivity contribution in [2.45, 2.75) is 6.54 Å². The van der Waals surface area contributed by atoms with Gasteiger partial charge in [-0.3, -0.25) is 19.0 Å². The van der Waals surface area contributed by atoms with Crippen molar-refractivity contribution in [2.24, 2.45) is 5.11 Å². The first-order valence-corrected chi connectivity index (χ1v) is 15.1. The number of phenols is 2. The number of carbonyl (C=O) groups is 4. The highest BCUT2D eigenvalue weighted by atomic mass is 35.5. The Hall–Kier alpha value is -5.48. The fourth-order valence-corrected chi connectivity index (χ4v) is 5.53. The summed E-state index contributed by atoms with van der Waals surface area (Å²) in [5.74, 6) is -3.77. The molecule has 0 saturated carbocycles. The van der Waals surface area contributed by atoms with E-state index in [2.05, 4.69) is 25.7 Å². The Bertz CT molecular complexity index is 2210. The first-order chi connectivity index (χ1) is 23.4. The molecule has 0 spiro atoms. The molecular weight excluding hydrogens is 726 g/mol. The van der Waals surface area contributed by atoms with Gasteiger partial charge in [-0.15, -0.1) is 5.10 Å². The Kier molecular flexibility index (Phi) is 10.2. The molecule has 0 atom stereocenters. The van der Waals surface area contributed by atoms with Crippen molar-refractivity contribution in [3.8, 4) is 28.4 Å². The first kappa shape index (κ1) is 34.8. The van der Waals surface area contributed by atoms with Crippen LogP contribution in [0.4, 0.5) is 0 Å². The molecule has 3 heterocycles. The van der Waals surface area contributed by atoms with Crippen molar-refractivity contribution in [3.05, 3.63) is 103 Å². The summed E-state index contributed by atoms with van der Waals surface area (Å²) in [5, 5.41) is 43.3. The van der Waals surface area contributed by atoms with E-state index >= 15 is 0 Å². The number of aromatic nitrogens is 5. The van der Waals surface area contributed by atoms with Crippen LogP contribution in [0.25, 0.3) is 22.6 Å². The van der Waals surface area contributed by atoms with Crippen molar-refractivity contribution in [1.82, 2.24) is 29.9 Å². The molecule has 15 nitrogen and oxygen atoms in total. The molecular formula is C30H20Cl4N8O7. The Labute approximate surface area is 294 Å². The molecule has 6 N–H and O–H groups in total. The number of aliphatic carboxylic acids is 1. The van der Waals surface area contributed by atoms with Crippen molar-refractivity contribution < 1.29 is 34.5 Å². The second-order valence-corrected chi connectivity index (χ2v) is 11.5. The van der Waals surface area contributed by atoms with Gasteiger partial charge in [-0.05, 0) is 30.3 Å². The van der Waals surface area contributed by atoms with Gasteiger partial charge in [0.2, 0.25) is 11.6 Å². The van der Waals surface area contributed by atoms with E-state index in [-0.39, 0.29) is 66.4 Å². The zero-order chi connectivity index (χ0) is 35.6. The van der Waals surface area contributed by atoms with Crippen LogP contribution < -0.4 is 5.32 Å². The molecule has 0 bridgehead atoms. The number of benzene rings is 2. The average molecular weight is 746 g/mol. The third-order valence-electron chi connectivity index (χ3n) is 6.94. The van der Waals surface area contributed by atoms with Gasteiger partial charge in [0.1, 0.15) is 56.7 Å². The van der Waals surface area contributed by atoms with E-state index in [4.69, 9.17) is 57.0 Å². The number of aldehydes is 1. The van der Waals surface area contributed by atoms with Crippen molar-refractivity contribution in [2.75, 3.05) is 6.54 Å². The van der Waals surface area contributed by atoms with Crippen LogP contribution in [0, 0.1) is 5.53 Å². The number of halogens is 4. The van der Waals surface area contributed by atoms with Crippen LogP contribution in [-0.2, 0) is 16.1 Å². The molecule has 2 aromatic carbocycles. The molecule has 49 heavy (non-hydrogen) atoms. The van der Waals surface area contributed by atoms with E-state index in [1.54, 1.807) is 0 Å². The summed E-state index contributed by atoms with van der Waals surface area (Å²) < 4.78 is 2.35. The van der Waals surface area contributed by atoms with Gasteiger partial charge in [-0.2, -0.15) is 5.11 Å². The lowest BCUT2D eigenvalue weighted by molar-refractivity contribution is -0.135.